The molecule has 4 aliphatic rings. The quantitative estimate of drug-likeness (QED) is 0.0705. The Morgan fingerprint density at radius 3 is 1.31 bits per heavy atom. The van der Waals surface area contributed by atoms with E-state index in [-0.39, 0.29) is 113 Å². The van der Waals surface area contributed by atoms with Gasteiger partial charge in [0, 0.05) is 0 Å². The van der Waals surface area contributed by atoms with Crippen LogP contribution in [0.5, 0.6) is 46.0 Å². The van der Waals surface area contributed by atoms with Crippen molar-refractivity contribution in [2.75, 3.05) is 47.8 Å². The molecule has 16 nitrogen and oxygen atoms in total. The summed E-state index contributed by atoms with van der Waals surface area (Å²) >= 11 is 6.59. The van der Waals surface area contributed by atoms with Crippen molar-refractivity contribution in [3.8, 4) is 46.0 Å². The van der Waals surface area contributed by atoms with Crippen molar-refractivity contribution in [1.29, 1.82) is 0 Å². The van der Waals surface area contributed by atoms with Crippen LogP contribution in [0, 0.1) is 0 Å². The van der Waals surface area contributed by atoms with Gasteiger partial charge < -0.3 is 82.6 Å². The molecule has 1 N–H and O–H groups in total. The summed E-state index contributed by atoms with van der Waals surface area (Å²) in [6.07, 6.45) is 2.84. The first-order valence-electron chi connectivity index (χ1n) is 16.7. The number of fused-ring (bicyclic) bond motifs is 4. The number of hydrogen-bond acceptors (Lipinski definition) is 15. The average molecular weight is 1110 g/mol. The predicted molar refractivity (Wildman–Crippen MR) is 217 cm³/mol. The molecule has 2 atom stereocenters. The van der Waals surface area contributed by atoms with Gasteiger partial charge in [-0.25, -0.2) is 19.2 Å². The molecule has 0 aromatic heterocycles. The Balaban J connectivity index is 0.000000781. The Hall–Kier alpha value is -3.28. The fraction of sp³-hybridized carbons (Fsp3) is 0.231. The van der Waals surface area contributed by atoms with Gasteiger partial charge in [0.1, 0.15) is 39.0 Å². The number of aromatic carboxylic acids is 1. The number of carbonyl (C=O) groups excluding carboxylic acids is 3. The van der Waals surface area contributed by atoms with E-state index in [1.165, 1.54) is 46.0 Å². The fourth-order valence-corrected chi connectivity index (χ4v) is 5.52. The summed E-state index contributed by atoms with van der Waals surface area (Å²) in [5, 5.41) is 8.13. The number of benzene rings is 4. The van der Waals surface area contributed by atoms with Gasteiger partial charge in [-0.1, -0.05) is 0 Å². The van der Waals surface area contributed by atoms with Crippen molar-refractivity contribution < 1.29 is 150 Å². The number of carbonyl (C=O) groups is 4. The maximum absolute atomic E-state index is 11.3. The smallest absolute Gasteiger partial charge is 1.00 e. The summed E-state index contributed by atoms with van der Waals surface area (Å²) in [4.78, 5) is 44.2. The maximum atomic E-state index is 11.3. The molecule has 4 heterocycles. The largest absolute Gasteiger partial charge is 1.00 e. The Bertz CT molecular complexity index is 2160. The van der Waals surface area contributed by atoms with Crippen molar-refractivity contribution in [2.24, 2.45) is 0 Å². The monoisotopic (exact) mass is 1100 g/mol. The Morgan fingerprint density at radius 2 is 0.869 bits per heavy atom. The van der Waals surface area contributed by atoms with Crippen LogP contribution in [0.2, 0.25) is 0 Å². The third-order valence-electron chi connectivity index (χ3n) is 7.61. The molecule has 0 saturated carbocycles. The van der Waals surface area contributed by atoms with Crippen LogP contribution < -0.4 is 110 Å². The van der Waals surface area contributed by atoms with Gasteiger partial charge in [0.15, 0.2) is 73.4 Å². The molecule has 0 saturated heterocycles. The van der Waals surface area contributed by atoms with Gasteiger partial charge in [-0.3, -0.25) is 0 Å². The van der Waals surface area contributed by atoms with Crippen LogP contribution in [0.25, 0.3) is 0 Å². The molecule has 0 radical (unpaired) electrons. The van der Waals surface area contributed by atoms with Crippen LogP contribution in [0.1, 0.15) is 42.9 Å². The summed E-state index contributed by atoms with van der Waals surface area (Å²) in [5.41, 5.74) is 1.55. The molecule has 316 valence electrons. The van der Waals surface area contributed by atoms with E-state index in [0.29, 0.717) is 89.1 Å². The first-order valence-corrected chi connectivity index (χ1v) is 18.5. The van der Waals surface area contributed by atoms with Crippen LogP contribution in [0.4, 0.5) is 0 Å². The summed E-state index contributed by atoms with van der Waals surface area (Å²) in [6, 6.07) is 19.3. The first-order chi connectivity index (χ1) is 27.5. The van der Waals surface area contributed by atoms with Gasteiger partial charge in [-0.05, 0) is 105 Å². The molecule has 0 bridgehead atoms. The molecule has 8 rings (SSSR count). The number of rotatable bonds is 4. The number of esters is 3. The topological polar surface area (TPSA) is 190 Å². The molecule has 0 spiro atoms. The van der Waals surface area contributed by atoms with Crippen LogP contribution >= 0.6 is 31.9 Å². The van der Waals surface area contributed by atoms with Crippen molar-refractivity contribution in [3.63, 3.8) is 0 Å². The number of ether oxygens (including phenoxy) is 11. The average Bonchev–Trinajstić information content (AvgIpc) is 3.25. The molecule has 22 heteroatoms. The molecule has 0 amide bonds. The third kappa shape index (κ3) is 15.8. The molecule has 0 fully saturated rings. The van der Waals surface area contributed by atoms with E-state index in [1.54, 1.807) is 60.7 Å². The normalized spacial score (nSPS) is 14.8. The van der Waals surface area contributed by atoms with Gasteiger partial charge in [0.25, 0.3) is 0 Å². The number of halogens is 3. The van der Waals surface area contributed by atoms with Crippen LogP contribution in [-0.4, -0.2) is 104 Å². The Kier molecular flexibility index (Phi) is 25.3. The molecular weight excluding hydrogens is 1070 g/mol. The minimum absolute atomic E-state index is 0. The van der Waals surface area contributed by atoms with E-state index < -0.39 is 17.9 Å². The number of methoxy groups -OCH3 is 3. The number of alkyl halides is 2. The minimum Gasteiger partial charge on any atom is -1.00 e. The van der Waals surface area contributed by atoms with Gasteiger partial charge >= 0.3 is 72.3 Å². The zero-order valence-electron chi connectivity index (χ0n) is 33.8. The Morgan fingerprint density at radius 1 is 0.541 bits per heavy atom. The van der Waals surface area contributed by atoms with E-state index >= 15 is 0 Å². The van der Waals surface area contributed by atoms with E-state index in [9.17, 15) is 19.2 Å². The molecule has 0 aliphatic carbocycles. The standard InChI is InChI=1S/C10H8Br2O4.C10H10O4.C10H8O4.C9H8O4.Al.HI.Li.Na.4H/c1-14-10(13)5-2-3-6-7(4-5)16-9(12)8(11)15-6;2*1-12-10(11)7-2-3-8-9(6-7)14-5-4-13-8;10-9(11)6-1-2-7-8(5-6)13-4-3-12-7;;;;;;;;/h2-4,8-9H,1H3;2-3,6H,4-5H2,1H3;2-6H,1H3;1-2,5H,3-4H2,(H,10,11);;1H;;;;;;/q;;;;;;2*+1;;;;-1/p-1. The third-order valence-corrected chi connectivity index (χ3v) is 9.66. The summed E-state index contributed by atoms with van der Waals surface area (Å²) in [5.74, 6) is 2.44. The number of carboxylic acid groups (broad SMARTS) is 1. The molecule has 61 heavy (non-hydrogen) atoms. The van der Waals surface area contributed by atoms with E-state index in [2.05, 4.69) is 46.1 Å². The summed E-state index contributed by atoms with van der Waals surface area (Å²) < 4.78 is 56.2. The minimum atomic E-state index is -0.961. The molecule has 2 unspecified atom stereocenters. The first kappa shape index (κ1) is 55.7. The van der Waals surface area contributed by atoms with Crippen LogP contribution in [-0.2, 0) is 14.2 Å². The van der Waals surface area contributed by atoms with Gasteiger partial charge in [-0.15, -0.1) is 0 Å². The summed E-state index contributed by atoms with van der Waals surface area (Å²) in [7, 11) is 4.01. The Labute approximate surface area is 430 Å². The number of hydrogen-bond donors (Lipinski definition) is 1. The number of carboxylic acids is 1. The van der Waals surface area contributed by atoms with E-state index in [4.69, 9.17) is 43.0 Å². The maximum Gasteiger partial charge on any atom is 1.00 e. The SMILES string of the molecule is COC(=O)c1ccc2c(c1)OC(Br)C(Br)O2.COC(=O)c1ccc2c(c1)OC=CO2.COC(=O)c1ccc2c(c1)OCCO2.O=C(O)c1ccc2c(c1)OCCO2.[AlH3].[H-].[I-].[Li+].[Na+]. The second-order valence-electron chi connectivity index (χ2n) is 11.3. The molecule has 4 aromatic rings. The van der Waals surface area contributed by atoms with Gasteiger partial charge in [0.05, 0.1) is 43.6 Å². The zero-order valence-corrected chi connectivity index (χ0v) is 40.1. The van der Waals surface area contributed by atoms with Gasteiger partial charge in [0.2, 0.25) is 0 Å². The van der Waals surface area contributed by atoms with Crippen molar-refractivity contribution in [3.05, 3.63) is 108 Å². The fourth-order valence-electron chi connectivity index (χ4n) is 4.90. The van der Waals surface area contributed by atoms with Crippen LogP contribution in [0.3, 0.4) is 0 Å². The van der Waals surface area contributed by atoms with Crippen molar-refractivity contribution in [2.45, 2.75) is 10.0 Å². The van der Waals surface area contributed by atoms with Crippen molar-refractivity contribution in [1.82, 2.24) is 0 Å². The van der Waals surface area contributed by atoms with Crippen molar-refractivity contribution >= 4 is 73.1 Å². The molecular formula is C39H38AlBr2ILiNaO16. The van der Waals surface area contributed by atoms with E-state index in [1.807, 2.05) is 0 Å². The second-order valence-corrected chi connectivity index (χ2v) is 13.1. The molecule has 4 aromatic carbocycles. The predicted octanol–water partition coefficient (Wildman–Crippen LogP) is -3.26. The zero-order chi connectivity index (χ0) is 40.9. The van der Waals surface area contributed by atoms with Gasteiger partial charge in [-0.2, -0.15) is 0 Å². The second kappa shape index (κ2) is 27.7. The van der Waals surface area contributed by atoms with E-state index in [0.717, 1.165) is 0 Å². The van der Waals surface area contributed by atoms with Crippen LogP contribution in [0.15, 0.2) is 85.3 Å². The summed E-state index contributed by atoms with van der Waals surface area (Å²) in [6.45, 7) is 2.04. The molecule has 4 aliphatic heterocycles.